The largest absolute Gasteiger partial charge is 0.311 e. The van der Waals surface area contributed by atoms with Crippen LogP contribution < -0.4 is 4.90 Å². The van der Waals surface area contributed by atoms with Crippen LogP contribution in [0.1, 0.15) is 17.5 Å². The molecular weight excluding hydrogens is 212 g/mol. The van der Waals surface area contributed by atoms with Crippen molar-refractivity contribution in [2.24, 2.45) is 5.92 Å². The first-order valence-corrected chi connectivity index (χ1v) is 5.43. The quantitative estimate of drug-likeness (QED) is 0.683. The van der Waals surface area contributed by atoms with Gasteiger partial charge in [0.05, 0.1) is 11.6 Å². The summed E-state index contributed by atoms with van der Waals surface area (Å²) >= 11 is 0. The molecule has 1 fully saturated rings. The minimum Gasteiger partial charge on any atom is -0.311 e. The molecular formula is C14H12N2O. The van der Waals surface area contributed by atoms with Crippen LogP contribution in [-0.4, -0.2) is 12.5 Å². The molecule has 84 valence electrons. The summed E-state index contributed by atoms with van der Waals surface area (Å²) in [4.78, 5) is 13.5. The van der Waals surface area contributed by atoms with Gasteiger partial charge in [0.2, 0.25) is 5.91 Å². The molecule has 1 atom stereocenters. The fourth-order valence-corrected chi connectivity index (χ4v) is 2.01. The molecule has 0 aromatic heterocycles. The molecule has 1 aliphatic rings. The topological polar surface area (TPSA) is 44.1 Å². The Labute approximate surface area is 101 Å². The summed E-state index contributed by atoms with van der Waals surface area (Å²) in [7, 11) is 0. The zero-order chi connectivity index (χ0) is 12.4. The predicted molar refractivity (Wildman–Crippen MR) is 65.2 cm³/mol. The minimum atomic E-state index is -0.00144. The van der Waals surface area contributed by atoms with Gasteiger partial charge < -0.3 is 4.90 Å². The van der Waals surface area contributed by atoms with Crippen molar-refractivity contribution in [1.29, 1.82) is 5.26 Å². The van der Waals surface area contributed by atoms with E-state index in [1.54, 1.807) is 17.0 Å². The number of terminal acetylenes is 1. The highest BCUT2D eigenvalue weighted by Crippen LogP contribution is 2.26. The number of hydrogen-bond donors (Lipinski definition) is 0. The number of nitrogens with zero attached hydrogens (tertiary/aromatic N) is 2. The Balaban J connectivity index is 2.31. The Morgan fingerprint density at radius 3 is 2.82 bits per heavy atom. The molecule has 0 bridgehead atoms. The third-order valence-corrected chi connectivity index (χ3v) is 3.00. The average Bonchev–Trinajstić information content (AvgIpc) is 2.70. The Kier molecular flexibility index (Phi) is 2.85. The fourth-order valence-electron chi connectivity index (χ4n) is 2.01. The smallest absolute Gasteiger partial charge is 0.228 e. The van der Waals surface area contributed by atoms with Gasteiger partial charge in [-0.15, -0.1) is 12.3 Å². The molecule has 1 aromatic rings. The van der Waals surface area contributed by atoms with Crippen LogP contribution in [0.4, 0.5) is 5.69 Å². The molecule has 0 radical (unpaired) electrons. The van der Waals surface area contributed by atoms with Crippen molar-refractivity contribution in [1.82, 2.24) is 0 Å². The molecule has 0 saturated carbocycles. The molecule has 0 N–H and O–H groups in total. The van der Waals surface area contributed by atoms with Crippen LogP contribution in [-0.2, 0) is 4.79 Å². The summed E-state index contributed by atoms with van der Waals surface area (Å²) in [5, 5.41) is 8.85. The van der Waals surface area contributed by atoms with Crippen LogP contribution >= 0.6 is 0 Å². The molecule has 2 rings (SSSR count). The second kappa shape index (κ2) is 4.31. The molecule has 1 unspecified atom stereocenters. The van der Waals surface area contributed by atoms with E-state index in [1.807, 2.05) is 13.0 Å². The lowest BCUT2D eigenvalue weighted by molar-refractivity contribution is -0.117. The van der Waals surface area contributed by atoms with Crippen LogP contribution in [0.2, 0.25) is 0 Å². The van der Waals surface area contributed by atoms with E-state index in [9.17, 15) is 4.79 Å². The van der Waals surface area contributed by atoms with Gasteiger partial charge in [0.1, 0.15) is 0 Å². The number of hydrogen-bond acceptors (Lipinski definition) is 2. The van der Waals surface area contributed by atoms with Crippen molar-refractivity contribution in [3.8, 4) is 18.4 Å². The van der Waals surface area contributed by atoms with Crippen molar-refractivity contribution >= 4 is 11.6 Å². The summed E-state index contributed by atoms with van der Waals surface area (Å²) in [6, 6.07) is 7.50. The Morgan fingerprint density at radius 1 is 1.53 bits per heavy atom. The third kappa shape index (κ3) is 2.00. The number of aryl methyl sites for hydroxylation is 1. The lowest BCUT2D eigenvalue weighted by Gasteiger charge is -2.16. The van der Waals surface area contributed by atoms with Crippen molar-refractivity contribution in [3.63, 3.8) is 0 Å². The lowest BCUT2D eigenvalue weighted by Crippen LogP contribution is -2.24. The van der Waals surface area contributed by atoms with Gasteiger partial charge in [-0.25, -0.2) is 0 Å². The van der Waals surface area contributed by atoms with Gasteiger partial charge in [0.15, 0.2) is 0 Å². The van der Waals surface area contributed by atoms with E-state index in [2.05, 4.69) is 12.0 Å². The summed E-state index contributed by atoms with van der Waals surface area (Å²) < 4.78 is 0. The minimum absolute atomic E-state index is 0.00144. The highest BCUT2D eigenvalue weighted by molar-refractivity contribution is 5.96. The summed E-state index contributed by atoms with van der Waals surface area (Å²) in [6.07, 6.45) is 5.75. The van der Waals surface area contributed by atoms with Crippen LogP contribution in [0.5, 0.6) is 0 Å². The van der Waals surface area contributed by atoms with Gasteiger partial charge in [-0.1, -0.05) is 0 Å². The van der Waals surface area contributed by atoms with E-state index in [0.717, 1.165) is 11.3 Å². The first-order valence-electron chi connectivity index (χ1n) is 5.43. The Bertz CT molecular complexity index is 548. The molecule has 0 aliphatic carbocycles. The average molecular weight is 224 g/mol. The van der Waals surface area contributed by atoms with E-state index in [0.29, 0.717) is 18.5 Å². The van der Waals surface area contributed by atoms with Crippen molar-refractivity contribution < 1.29 is 4.79 Å². The van der Waals surface area contributed by atoms with Crippen molar-refractivity contribution in [2.75, 3.05) is 11.4 Å². The molecule has 1 aliphatic heterocycles. The van der Waals surface area contributed by atoms with Gasteiger partial charge in [-0.2, -0.15) is 5.26 Å². The zero-order valence-corrected chi connectivity index (χ0v) is 9.60. The molecule has 1 heterocycles. The monoisotopic (exact) mass is 224 g/mol. The number of amides is 1. The third-order valence-electron chi connectivity index (χ3n) is 3.00. The molecule has 1 aromatic carbocycles. The van der Waals surface area contributed by atoms with Gasteiger partial charge in [0, 0.05) is 24.6 Å². The molecule has 3 nitrogen and oxygen atoms in total. The van der Waals surface area contributed by atoms with E-state index in [-0.39, 0.29) is 11.8 Å². The second-order valence-electron chi connectivity index (χ2n) is 4.18. The van der Waals surface area contributed by atoms with Gasteiger partial charge >= 0.3 is 0 Å². The van der Waals surface area contributed by atoms with E-state index < -0.39 is 0 Å². The fraction of sp³-hybridized carbons (Fsp3) is 0.286. The highest BCUT2D eigenvalue weighted by atomic mass is 16.2. The normalized spacial score (nSPS) is 18.9. The maximum absolute atomic E-state index is 11.8. The zero-order valence-electron chi connectivity index (χ0n) is 9.60. The summed E-state index contributed by atoms with van der Waals surface area (Å²) in [5.74, 6) is 2.67. The first-order chi connectivity index (χ1) is 8.15. The standard InChI is InChI=1S/C14H12N2O/c1-3-11-7-14(17)16(9-11)13-5-4-12(8-15)10(2)6-13/h1,4-6,11H,7,9H2,2H3. The molecule has 1 amide bonds. The Morgan fingerprint density at radius 2 is 2.29 bits per heavy atom. The Hall–Kier alpha value is -2.26. The molecule has 17 heavy (non-hydrogen) atoms. The number of benzene rings is 1. The van der Waals surface area contributed by atoms with Gasteiger partial charge in [-0.3, -0.25) is 4.79 Å². The van der Waals surface area contributed by atoms with Crippen LogP contribution in [0.15, 0.2) is 18.2 Å². The van der Waals surface area contributed by atoms with E-state index >= 15 is 0 Å². The molecule has 0 spiro atoms. The number of rotatable bonds is 1. The second-order valence-corrected chi connectivity index (χ2v) is 4.18. The summed E-state index contributed by atoms with van der Waals surface area (Å²) in [5.41, 5.74) is 2.33. The maximum atomic E-state index is 11.8. The number of nitriles is 1. The lowest BCUT2D eigenvalue weighted by atomic mass is 10.1. The van der Waals surface area contributed by atoms with E-state index in [1.165, 1.54) is 0 Å². The molecule has 3 heteroatoms. The van der Waals surface area contributed by atoms with Crippen LogP contribution in [0.3, 0.4) is 0 Å². The number of anilines is 1. The molecule has 1 saturated heterocycles. The van der Waals surface area contributed by atoms with Gasteiger partial charge in [0.25, 0.3) is 0 Å². The predicted octanol–water partition coefficient (Wildman–Crippen LogP) is 1.85. The van der Waals surface area contributed by atoms with Crippen molar-refractivity contribution in [2.45, 2.75) is 13.3 Å². The van der Waals surface area contributed by atoms with Crippen LogP contribution in [0.25, 0.3) is 0 Å². The maximum Gasteiger partial charge on any atom is 0.228 e. The summed E-state index contributed by atoms with van der Waals surface area (Å²) in [6.45, 7) is 2.43. The number of carbonyl (C=O) groups excluding carboxylic acids is 1. The SMILES string of the molecule is C#CC1CC(=O)N(c2ccc(C#N)c(C)c2)C1. The van der Waals surface area contributed by atoms with Crippen molar-refractivity contribution in [3.05, 3.63) is 29.3 Å². The first kappa shape index (κ1) is 11.2. The van der Waals surface area contributed by atoms with Crippen LogP contribution in [0, 0.1) is 36.5 Å². The van der Waals surface area contributed by atoms with Gasteiger partial charge in [-0.05, 0) is 30.7 Å². The highest BCUT2D eigenvalue weighted by Gasteiger charge is 2.29. The number of carbonyl (C=O) groups is 1. The van der Waals surface area contributed by atoms with E-state index in [4.69, 9.17) is 11.7 Å².